The summed E-state index contributed by atoms with van der Waals surface area (Å²) >= 11 is 0. The lowest BCUT2D eigenvalue weighted by molar-refractivity contribution is -0.385. The first kappa shape index (κ1) is 18.8. The SMILES string of the molecule is Cc1ccc(C=CC(=O)c2ccc(N3CCC(O)CC3)cc2)cc1[N+](=O)[O-]. The van der Waals surface area contributed by atoms with Crippen LogP contribution in [-0.4, -0.2) is 35.0 Å². The lowest BCUT2D eigenvalue weighted by atomic mass is 10.0. The van der Waals surface area contributed by atoms with Crippen molar-refractivity contribution in [3.05, 3.63) is 75.3 Å². The topological polar surface area (TPSA) is 83.7 Å². The molecular formula is C21H22N2O4. The van der Waals surface area contributed by atoms with Crippen LogP contribution in [0.5, 0.6) is 0 Å². The smallest absolute Gasteiger partial charge is 0.272 e. The van der Waals surface area contributed by atoms with Crippen LogP contribution in [0.25, 0.3) is 6.08 Å². The van der Waals surface area contributed by atoms with Crippen LogP contribution in [0.15, 0.2) is 48.5 Å². The molecule has 0 amide bonds. The Balaban J connectivity index is 1.68. The molecule has 1 N–H and O–H groups in total. The van der Waals surface area contributed by atoms with E-state index in [4.69, 9.17) is 0 Å². The Morgan fingerprint density at radius 2 is 1.85 bits per heavy atom. The number of nitro groups is 1. The Labute approximate surface area is 157 Å². The van der Waals surface area contributed by atoms with Gasteiger partial charge in [-0.25, -0.2) is 0 Å². The van der Waals surface area contributed by atoms with Crippen molar-refractivity contribution in [1.82, 2.24) is 0 Å². The highest BCUT2D eigenvalue weighted by molar-refractivity contribution is 6.07. The van der Waals surface area contributed by atoms with Crippen LogP contribution in [-0.2, 0) is 0 Å². The normalized spacial score (nSPS) is 15.3. The molecule has 27 heavy (non-hydrogen) atoms. The number of carbonyl (C=O) groups is 1. The maximum absolute atomic E-state index is 12.4. The largest absolute Gasteiger partial charge is 0.393 e. The zero-order valence-corrected chi connectivity index (χ0v) is 15.2. The standard InChI is InChI=1S/C21H22N2O4/c1-15-2-3-16(14-20(15)23(26)27)4-9-21(25)17-5-7-18(8-6-17)22-12-10-19(24)11-13-22/h2-9,14,19,24H,10-13H2,1H3. The van der Waals surface area contributed by atoms with Crippen molar-refractivity contribution in [3.8, 4) is 0 Å². The molecule has 1 saturated heterocycles. The first-order valence-electron chi connectivity index (χ1n) is 8.94. The van der Waals surface area contributed by atoms with Crippen molar-refractivity contribution in [2.75, 3.05) is 18.0 Å². The van der Waals surface area contributed by atoms with E-state index >= 15 is 0 Å². The Hall–Kier alpha value is -2.99. The summed E-state index contributed by atoms with van der Waals surface area (Å²) in [6, 6.07) is 12.3. The number of aliphatic hydroxyl groups excluding tert-OH is 1. The molecule has 0 aromatic heterocycles. The fourth-order valence-electron chi connectivity index (χ4n) is 3.16. The molecule has 3 rings (SSSR count). The molecule has 1 aliphatic heterocycles. The van der Waals surface area contributed by atoms with Crippen LogP contribution in [0.1, 0.15) is 34.3 Å². The third-order valence-corrected chi connectivity index (χ3v) is 4.84. The summed E-state index contributed by atoms with van der Waals surface area (Å²) in [5, 5.41) is 20.6. The molecule has 6 heteroatoms. The van der Waals surface area contributed by atoms with E-state index in [0.29, 0.717) is 16.7 Å². The van der Waals surface area contributed by atoms with Crippen molar-refractivity contribution < 1.29 is 14.8 Å². The molecule has 1 fully saturated rings. The minimum absolute atomic E-state index is 0.0422. The van der Waals surface area contributed by atoms with E-state index in [1.807, 2.05) is 12.1 Å². The predicted octanol–water partition coefficient (Wildman–Crippen LogP) is 3.76. The lowest BCUT2D eigenvalue weighted by Gasteiger charge is -2.31. The average Bonchev–Trinajstić information content (AvgIpc) is 2.67. The van der Waals surface area contributed by atoms with Gasteiger partial charge >= 0.3 is 0 Å². The van der Waals surface area contributed by atoms with E-state index in [1.165, 1.54) is 12.1 Å². The number of ketones is 1. The molecule has 0 bridgehead atoms. The van der Waals surface area contributed by atoms with Gasteiger partial charge in [0.2, 0.25) is 0 Å². The molecule has 0 radical (unpaired) electrons. The summed E-state index contributed by atoms with van der Waals surface area (Å²) in [7, 11) is 0. The lowest BCUT2D eigenvalue weighted by Crippen LogP contribution is -2.35. The number of benzene rings is 2. The molecule has 140 valence electrons. The summed E-state index contributed by atoms with van der Waals surface area (Å²) in [5.74, 6) is -0.154. The third-order valence-electron chi connectivity index (χ3n) is 4.84. The van der Waals surface area contributed by atoms with Crippen molar-refractivity contribution in [1.29, 1.82) is 0 Å². The van der Waals surface area contributed by atoms with Gasteiger partial charge in [0, 0.05) is 36.0 Å². The van der Waals surface area contributed by atoms with Gasteiger partial charge < -0.3 is 10.0 Å². The molecule has 0 unspecified atom stereocenters. The molecule has 2 aromatic carbocycles. The van der Waals surface area contributed by atoms with Gasteiger partial charge in [-0.05, 0) is 55.7 Å². The number of nitro benzene ring substituents is 1. The first-order valence-corrected chi connectivity index (χ1v) is 8.94. The highest BCUT2D eigenvalue weighted by atomic mass is 16.6. The summed E-state index contributed by atoms with van der Waals surface area (Å²) in [6.07, 6.45) is 4.32. The van der Waals surface area contributed by atoms with Gasteiger partial charge in [-0.1, -0.05) is 18.2 Å². The van der Waals surface area contributed by atoms with Gasteiger partial charge in [-0.2, -0.15) is 0 Å². The Bertz CT molecular complexity index is 866. The molecule has 6 nitrogen and oxygen atoms in total. The van der Waals surface area contributed by atoms with Crippen LogP contribution < -0.4 is 4.90 Å². The van der Waals surface area contributed by atoms with Crippen LogP contribution in [0.4, 0.5) is 11.4 Å². The molecular weight excluding hydrogens is 344 g/mol. The zero-order chi connectivity index (χ0) is 19.4. The van der Waals surface area contributed by atoms with Gasteiger partial charge in [0.25, 0.3) is 5.69 Å². The van der Waals surface area contributed by atoms with E-state index < -0.39 is 4.92 Å². The minimum atomic E-state index is -0.424. The van der Waals surface area contributed by atoms with Gasteiger partial charge in [0.1, 0.15) is 0 Å². The Morgan fingerprint density at radius 1 is 1.19 bits per heavy atom. The molecule has 0 spiro atoms. The highest BCUT2D eigenvalue weighted by Gasteiger charge is 2.17. The van der Waals surface area contributed by atoms with Gasteiger partial charge in [-0.15, -0.1) is 0 Å². The van der Waals surface area contributed by atoms with Gasteiger partial charge in [0.05, 0.1) is 11.0 Å². The van der Waals surface area contributed by atoms with Crippen molar-refractivity contribution >= 4 is 23.2 Å². The van der Waals surface area contributed by atoms with Crippen LogP contribution in [0.3, 0.4) is 0 Å². The number of anilines is 1. The number of carbonyl (C=O) groups excluding carboxylic acids is 1. The summed E-state index contributed by atoms with van der Waals surface area (Å²) in [5.41, 5.74) is 2.85. The summed E-state index contributed by atoms with van der Waals surface area (Å²) < 4.78 is 0. The van der Waals surface area contributed by atoms with E-state index in [2.05, 4.69) is 4.90 Å². The monoisotopic (exact) mass is 366 g/mol. The highest BCUT2D eigenvalue weighted by Crippen LogP contribution is 2.22. The van der Waals surface area contributed by atoms with Crippen molar-refractivity contribution in [2.24, 2.45) is 0 Å². The maximum atomic E-state index is 12.4. The maximum Gasteiger partial charge on any atom is 0.272 e. The summed E-state index contributed by atoms with van der Waals surface area (Å²) in [4.78, 5) is 25.2. The van der Waals surface area contributed by atoms with E-state index in [9.17, 15) is 20.0 Å². The number of piperidine rings is 1. The average molecular weight is 366 g/mol. The number of aryl methyl sites for hydroxylation is 1. The number of hydrogen-bond donors (Lipinski definition) is 1. The molecule has 0 saturated carbocycles. The zero-order valence-electron chi connectivity index (χ0n) is 15.2. The van der Waals surface area contributed by atoms with Crippen molar-refractivity contribution in [3.63, 3.8) is 0 Å². The van der Waals surface area contributed by atoms with Gasteiger partial charge in [-0.3, -0.25) is 14.9 Å². The number of hydrogen-bond acceptors (Lipinski definition) is 5. The third kappa shape index (κ3) is 4.60. The number of allylic oxidation sites excluding steroid dienone is 1. The summed E-state index contributed by atoms with van der Waals surface area (Å²) in [6.45, 7) is 3.29. The number of nitrogens with zero attached hydrogens (tertiary/aromatic N) is 2. The molecule has 1 heterocycles. The molecule has 0 aliphatic carbocycles. The van der Waals surface area contributed by atoms with E-state index in [-0.39, 0.29) is 17.6 Å². The quantitative estimate of drug-likeness (QED) is 0.377. The second-order valence-electron chi connectivity index (χ2n) is 6.77. The second-order valence-corrected chi connectivity index (χ2v) is 6.77. The van der Waals surface area contributed by atoms with E-state index in [1.54, 1.807) is 37.3 Å². The Kier molecular flexibility index (Phi) is 5.66. The van der Waals surface area contributed by atoms with Crippen LogP contribution in [0, 0.1) is 17.0 Å². The van der Waals surface area contributed by atoms with Crippen LogP contribution >= 0.6 is 0 Å². The molecule has 2 aromatic rings. The first-order chi connectivity index (χ1) is 12.9. The second kappa shape index (κ2) is 8.14. The Morgan fingerprint density at radius 3 is 2.48 bits per heavy atom. The van der Waals surface area contributed by atoms with Crippen LogP contribution in [0.2, 0.25) is 0 Å². The molecule has 1 aliphatic rings. The predicted molar refractivity (Wildman–Crippen MR) is 105 cm³/mol. The number of rotatable bonds is 5. The molecule has 0 atom stereocenters. The fraction of sp³-hybridized carbons (Fsp3) is 0.286. The van der Waals surface area contributed by atoms with Crippen molar-refractivity contribution in [2.45, 2.75) is 25.9 Å². The fourth-order valence-corrected chi connectivity index (χ4v) is 3.16. The van der Waals surface area contributed by atoms with E-state index in [0.717, 1.165) is 31.6 Å². The minimum Gasteiger partial charge on any atom is -0.393 e. The van der Waals surface area contributed by atoms with Gasteiger partial charge in [0.15, 0.2) is 5.78 Å². The number of aliphatic hydroxyl groups is 1.